The van der Waals surface area contributed by atoms with Crippen molar-refractivity contribution in [1.82, 2.24) is 19.9 Å². The molecule has 0 radical (unpaired) electrons. The first-order chi connectivity index (χ1) is 8.58. The molecule has 0 saturated carbocycles. The third-order valence-corrected chi connectivity index (χ3v) is 2.82. The SMILES string of the molecule is Cc1ncc(C#N)c(Sc2nc(N)cc(=O)[nH]2)n1. The van der Waals surface area contributed by atoms with Crippen molar-refractivity contribution in [3.63, 3.8) is 0 Å². The Balaban J connectivity index is 2.42. The Morgan fingerprint density at radius 2 is 2.28 bits per heavy atom. The van der Waals surface area contributed by atoms with Crippen LogP contribution in [0.3, 0.4) is 0 Å². The first-order valence-corrected chi connectivity index (χ1v) is 5.68. The molecule has 3 N–H and O–H groups in total. The Morgan fingerprint density at radius 1 is 1.50 bits per heavy atom. The van der Waals surface area contributed by atoms with Gasteiger partial charge in [-0.1, -0.05) is 0 Å². The van der Waals surface area contributed by atoms with Crippen LogP contribution in [0.1, 0.15) is 11.4 Å². The number of H-pyrrole nitrogens is 1. The lowest BCUT2D eigenvalue weighted by Crippen LogP contribution is -2.09. The van der Waals surface area contributed by atoms with E-state index in [0.29, 0.717) is 16.4 Å². The summed E-state index contributed by atoms with van der Waals surface area (Å²) in [7, 11) is 0. The zero-order valence-electron chi connectivity index (χ0n) is 9.34. The van der Waals surface area contributed by atoms with Gasteiger partial charge in [0.05, 0.1) is 0 Å². The fourth-order valence-corrected chi connectivity index (χ4v) is 2.07. The molecule has 0 fully saturated rings. The molecule has 0 bridgehead atoms. The first kappa shape index (κ1) is 12.1. The summed E-state index contributed by atoms with van der Waals surface area (Å²) in [6, 6.07) is 3.16. The monoisotopic (exact) mass is 260 g/mol. The lowest BCUT2D eigenvalue weighted by atomic mass is 10.4. The highest BCUT2D eigenvalue weighted by Gasteiger charge is 2.09. The molecule has 2 heterocycles. The summed E-state index contributed by atoms with van der Waals surface area (Å²) in [5.41, 5.74) is 5.43. The maximum Gasteiger partial charge on any atom is 0.253 e. The summed E-state index contributed by atoms with van der Waals surface area (Å²) in [6.45, 7) is 1.71. The van der Waals surface area contributed by atoms with E-state index in [9.17, 15) is 4.79 Å². The van der Waals surface area contributed by atoms with E-state index in [1.54, 1.807) is 6.92 Å². The van der Waals surface area contributed by atoms with Gasteiger partial charge in [-0.2, -0.15) is 5.26 Å². The number of aromatic nitrogens is 4. The first-order valence-electron chi connectivity index (χ1n) is 4.87. The maximum atomic E-state index is 11.2. The Labute approximate surface area is 106 Å². The van der Waals surface area contributed by atoms with Gasteiger partial charge in [0.1, 0.15) is 28.3 Å². The fourth-order valence-electron chi connectivity index (χ4n) is 1.20. The molecule has 0 atom stereocenters. The van der Waals surface area contributed by atoms with Crippen molar-refractivity contribution in [1.29, 1.82) is 5.26 Å². The Bertz CT molecular complexity index is 689. The van der Waals surface area contributed by atoms with Gasteiger partial charge in [-0.25, -0.2) is 15.0 Å². The van der Waals surface area contributed by atoms with E-state index in [4.69, 9.17) is 11.0 Å². The quantitative estimate of drug-likeness (QED) is 0.594. The van der Waals surface area contributed by atoms with Crippen molar-refractivity contribution in [2.24, 2.45) is 0 Å². The molecular weight excluding hydrogens is 252 g/mol. The Morgan fingerprint density at radius 3 is 2.94 bits per heavy atom. The van der Waals surface area contributed by atoms with Crippen LogP contribution in [0.4, 0.5) is 5.82 Å². The molecule has 0 aliphatic carbocycles. The molecule has 2 aromatic heterocycles. The second-order valence-corrected chi connectivity index (χ2v) is 4.30. The van der Waals surface area contributed by atoms with Gasteiger partial charge < -0.3 is 10.7 Å². The molecule has 18 heavy (non-hydrogen) atoms. The van der Waals surface area contributed by atoms with Crippen molar-refractivity contribution in [3.8, 4) is 6.07 Å². The van der Waals surface area contributed by atoms with Gasteiger partial charge in [-0.3, -0.25) is 4.79 Å². The van der Waals surface area contributed by atoms with Crippen LogP contribution in [-0.4, -0.2) is 19.9 Å². The van der Waals surface area contributed by atoms with Gasteiger partial charge in [-0.15, -0.1) is 0 Å². The van der Waals surface area contributed by atoms with Gasteiger partial charge >= 0.3 is 0 Å². The third kappa shape index (κ3) is 2.64. The zero-order valence-corrected chi connectivity index (χ0v) is 10.2. The molecule has 0 aliphatic heterocycles. The predicted octanol–water partition coefficient (Wildman–Crippen LogP) is 0.473. The smallest absolute Gasteiger partial charge is 0.253 e. The lowest BCUT2D eigenvalue weighted by molar-refractivity contribution is 0.920. The second-order valence-electron chi connectivity index (χ2n) is 3.33. The van der Waals surface area contributed by atoms with Crippen molar-refractivity contribution < 1.29 is 0 Å². The minimum Gasteiger partial charge on any atom is -0.383 e. The van der Waals surface area contributed by atoms with E-state index >= 15 is 0 Å². The number of aromatic amines is 1. The molecule has 0 unspecified atom stereocenters. The van der Waals surface area contributed by atoms with Gasteiger partial charge in [-0.05, 0) is 18.7 Å². The highest BCUT2D eigenvalue weighted by atomic mass is 32.2. The number of nitrogens with one attached hydrogen (secondary N) is 1. The largest absolute Gasteiger partial charge is 0.383 e. The average molecular weight is 260 g/mol. The predicted molar refractivity (Wildman–Crippen MR) is 64.9 cm³/mol. The summed E-state index contributed by atoms with van der Waals surface area (Å²) in [5, 5.41) is 9.65. The van der Waals surface area contributed by atoms with Crippen LogP contribution in [0.5, 0.6) is 0 Å². The van der Waals surface area contributed by atoms with Crippen molar-refractivity contribution >= 4 is 17.6 Å². The maximum absolute atomic E-state index is 11.2. The summed E-state index contributed by atoms with van der Waals surface area (Å²) in [5.74, 6) is 0.647. The van der Waals surface area contributed by atoms with Gasteiger partial charge in [0.2, 0.25) is 0 Å². The topological polar surface area (TPSA) is 121 Å². The molecule has 90 valence electrons. The molecule has 0 aromatic carbocycles. The second kappa shape index (κ2) is 4.85. The molecular formula is C10H8N6OS. The molecule has 7 nitrogen and oxygen atoms in total. The van der Waals surface area contributed by atoms with Gasteiger partial charge in [0, 0.05) is 12.3 Å². The van der Waals surface area contributed by atoms with Crippen LogP contribution in [0, 0.1) is 18.3 Å². The molecule has 0 aliphatic rings. The number of nitriles is 1. The zero-order chi connectivity index (χ0) is 13.1. The van der Waals surface area contributed by atoms with Crippen LogP contribution < -0.4 is 11.3 Å². The molecule has 0 saturated heterocycles. The van der Waals surface area contributed by atoms with Gasteiger partial charge in [0.25, 0.3) is 5.56 Å². The highest BCUT2D eigenvalue weighted by molar-refractivity contribution is 7.99. The fraction of sp³-hybridized carbons (Fsp3) is 0.100. The summed E-state index contributed by atoms with van der Waals surface area (Å²) in [6.07, 6.45) is 1.43. The van der Waals surface area contributed by atoms with E-state index in [0.717, 1.165) is 11.8 Å². The van der Waals surface area contributed by atoms with Crippen LogP contribution in [-0.2, 0) is 0 Å². The molecule has 0 amide bonds. The number of hydrogen-bond donors (Lipinski definition) is 2. The van der Waals surface area contributed by atoms with E-state index in [1.165, 1.54) is 12.3 Å². The summed E-state index contributed by atoms with van der Waals surface area (Å²) < 4.78 is 0. The van der Waals surface area contributed by atoms with E-state index in [2.05, 4.69) is 19.9 Å². The average Bonchev–Trinajstić information content (AvgIpc) is 2.27. The van der Waals surface area contributed by atoms with Crippen molar-refractivity contribution in [2.75, 3.05) is 5.73 Å². The van der Waals surface area contributed by atoms with E-state index < -0.39 is 0 Å². The highest BCUT2D eigenvalue weighted by Crippen LogP contribution is 2.24. The number of hydrogen-bond acceptors (Lipinski definition) is 7. The van der Waals surface area contributed by atoms with Crippen molar-refractivity contribution in [3.05, 3.63) is 34.0 Å². The molecule has 0 spiro atoms. The molecule has 2 rings (SSSR count). The Kier molecular flexibility index (Phi) is 3.25. The third-order valence-electron chi connectivity index (χ3n) is 1.93. The number of rotatable bonds is 2. The number of anilines is 1. The standard InChI is InChI=1S/C10H8N6OS/c1-5-13-4-6(3-11)9(14-5)18-10-15-7(12)2-8(17)16-10/h2,4H,1H3,(H3,12,15,16,17). The summed E-state index contributed by atoms with van der Waals surface area (Å²) in [4.78, 5) is 25.7. The molecule has 8 heteroatoms. The van der Waals surface area contributed by atoms with Crippen LogP contribution >= 0.6 is 11.8 Å². The van der Waals surface area contributed by atoms with Crippen LogP contribution in [0.25, 0.3) is 0 Å². The minimum absolute atomic E-state index is 0.116. The normalized spacial score (nSPS) is 10.0. The number of nitrogens with two attached hydrogens (primary N) is 1. The van der Waals surface area contributed by atoms with Gasteiger partial charge in [0.15, 0.2) is 5.16 Å². The van der Waals surface area contributed by atoms with Crippen LogP contribution in [0.15, 0.2) is 27.2 Å². The minimum atomic E-state index is -0.353. The number of aryl methyl sites for hydroxylation is 1. The lowest BCUT2D eigenvalue weighted by Gasteiger charge is -2.03. The van der Waals surface area contributed by atoms with E-state index in [-0.39, 0.29) is 16.5 Å². The van der Waals surface area contributed by atoms with E-state index in [1.807, 2.05) is 6.07 Å². The Hall–Kier alpha value is -2.40. The number of nitrogen functional groups attached to an aromatic ring is 1. The number of nitrogens with zero attached hydrogens (tertiary/aromatic N) is 4. The summed E-state index contributed by atoms with van der Waals surface area (Å²) >= 11 is 1.06. The van der Waals surface area contributed by atoms with Crippen LogP contribution in [0.2, 0.25) is 0 Å². The molecule has 2 aromatic rings. The van der Waals surface area contributed by atoms with Crippen molar-refractivity contribution in [2.45, 2.75) is 17.1 Å².